The van der Waals surface area contributed by atoms with Crippen LogP contribution in [0, 0.1) is 28.6 Å². The summed E-state index contributed by atoms with van der Waals surface area (Å²) in [6, 6.07) is 0. The molecule has 4 rings (SSSR count). The van der Waals surface area contributed by atoms with Crippen LogP contribution < -0.4 is 0 Å². The van der Waals surface area contributed by atoms with Crippen molar-refractivity contribution in [1.29, 1.82) is 0 Å². The predicted octanol–water partition coefficient (Wildman–Crippen LogP) is 3.01. The van der Waals surface area contributed by atoms with Gasteiger partial charge in [0.15, 0.2) is 0 Å². The lowest BCUT2D eigenvalue weighted by Gasteiger charge is -2.61. The molecule has 16 heavy (non-hydrogen) atoms. The van der Waals surface area contributed by atoms with Gasteiger partial charge in [0.25, 0.3) is 0 Å². The number of rotatable bonds is 2. The van der Waals surface area contributed by atoms with E-state index in [0.717, 1.165) is 18.3 Å². The average Bonchev–Trinajstić information content (AvgIpc) is 2.92. The molecule has 4 atom stereocenters. The van der Waals surface area contributed by atoms with Gasteiger partial charge in [-0.1, -0.05) is 13.8 Å². The van der Waals surface area contributed by atoms with Crippen molar-refractivity contribution in [2.75, 3.05) is 6.61 Å². The maximum Gasteiger partial charge on any atom is 0.309 e. The molecule has 4 saturated carbocycles. The lowest BCUT2D eigenvalue weighted by atomic mass is 9.44. The molecule has 2 heteroatoms. The maximum absolute atomic E-state index is 11.8. The summed E-state index contributed by atoms with van der Waals surface area (Å²) in [4.78, 5) is 11.8. The molecule has 0 aromatic heterocycles. The van der Waals surface area contributed by atoms with Gasteiger partial charge in [0.05, 0.1) is 12.5 Å². The van der Waals surface area contributed by atoms with Gasteiger partial charge in [-0.25, -0.2) is 0 Å². The van der Waals surface area contributed by atoms with Gasteiger partial charge < -0.3 is 4.74 Å². The highest BCUT2D eigenvalue weighted by atomic mass is 16.5. The molecule has 90 valence electrons. The molecular weight excluding hydrogens is 200 g/mol. The molecule has 4 fully saturated rings. The lowest BCUT2D eigenvalue weighted by molar-refractivity contribution is -0.153. The monoisotopic (exact) mass is 222 g/mol. The zero-order chi connectivity index (χ0) is 11.6. The van der Waals surface area contributed by atoms with E-state index in [0.29, 0.717) is 17.4 Å². The van der Waals surface area contributed by atoms with E-state index in [9.17, 15) is 4.79 Å². The van der Waals surface area contributed by atoms with Crippen molar-refractivity contribution in [3.05, 3.63) is 0 Å². The number of carbonyl (C=O) groups is 1. The fourth-order valence-corrected chi connectivity index (χ4v) is 4.64. The zero-order valence-corrected chi connectivity index (χ0v) is 10.6. The van der Waals surface area contributed by atoms with Crippen molar-refractivity contribution in [3.63, 3.8) is 0 Å². The predicted molar refractivity (Wildman–Crippen MR) is 61.8 cm³/mol. The van der Waals surface area contributed by atoms with E-state index in [1.807, 2.05) is 6.92 Å². The summed E-state index contributed by atoms with van der Waals surface area (Å²) in [6.07, 6.45) is 5.07. The van der Waals surface area contributed by atoms with Gasteiger partial charge in [0.1, 0.15) is 0 Å². The van der Waals surface area contributed by atoms with Crippen LogP contribution in [-0.4, -0.2) is 12.6 Å². The van der Waals surface area contributed by atoms with Gasteiger partial charge in [0, 0.05) is 0 Å². The van der Waals surface area contributed by atoms with Crippen LogP contribution in [0.1, 0.15) is 46.5 Å². The average molecular weight is 222 g/mol. The van der Waals surface area contributed by atoms with Crippen LogP contribution in [0.4, 0.5) is 0 Å². The smallest absolute Gasteiger partial charge is 0.309 e. The van der Waals surface area contributed by atoms with E-state index in [1.54, 1.807) is 0 Å². The van der Waals surface area contributed by atoms with Crippen LogP contribution in [0.25, 0.3) is 0 Å². The number of hydrogen-bond donors (Lipinski definition) is 0. The number of esters is 1. The molecule has 2 nitrogen and oxygen atoms in total. The molecule has 2 unspecified atom stereocenters. The third-order valence-corrected chi connectivity index (χ3v) is 5.81. The molecule has 0 radical (unpaired) electrons. The number of fused-ring (bicyclic) bond motifs is 1. The Bertz CT molecular complexity index is 332. The molecule has 0 aliphatic heterocycles. The molecule has 0 saturated heterocycles. The van der Waals surface area contributed by atoms with Crippen molar-refractivity contribution in [2.24, 2.45) is 28.6 Å². The Morgan fingerprint density at radius 3 is 2.75 bits per heavy atom. The van der Waals surface area contributed by atoms with Crippen molar-refractivity contribution >= 4 is 5.97 Å². The number of carbonyl (C=O) groups excluding carboxylic acids is 1. The maximum atomic E-state index is 11.8. The van der Waals surface area contributed by atoms with Crippen LogP contribution in [0.3, 0.4) is 0 Å². The minimum absolute atomic E-state index is 0.0728. The Balaban J connectivity index is 1.75. The van der Waals surface area contributed by atoms with E-state index in [1.165, 1.54) is 19.3 Å². The summed E-state index contributed by atoms with van der Waals surface area (Å²) in [7, 11) is 0. The second-order valence-corrected chi connectivity index (χ2v) is 6.59. The number of hydrogen-bond acceptors (Lipinski definition) is 2. The van der Waals surface area contributed by atoms with Crippen LogP contribution in [0.2, 0.25) is 0 Å². The second kappa shape index (κ2) is 3.02. The molecule has 4 aliphatic rings. The molecular formula is C14H22O2. The Morgan fingerprint density at radius 2 is 2.19 bits per heavy atom. The quantitative estimate of drug-likeness (QED) is 0.671. The lowest BCUT2D eigenvalue weighted by Crippen LogP contribution is -2.54. The summed E-state index contributed by atoms with van der Waals surface area (Å²) < 4.78 is 5.19. The molecule has 0 heterocycles. The van der Waals surface area contributed by atoms with Crippen molar-refractivity contribution in [3.8, 4) is 0 Å². The highest BCUT2D eigenvalue weighted by Gasteiger charge is 2.72. The summed E-state index contributed by atoms with van der Waals surface area (Å²) in [5.74, 6) is 2.02. The zero-order valence-electron chi connectivity index (χ0n) is 10.6. The molecule has 0 N–H and O–H groups in total. The van der Waals surface area contributed by atoms with Crippen LogP contribution in [0.5, 0.6) is 0 Å². The number of ether oxygens (including phenoxy) is 1. The van der Waals surface area contributed by atoms with Crippen LogP contribution >= 0.6 is 0 Å². The summed E-state index contributed by atoms with van der Waals surface area (Å²) in [5.41, 5.74) is 0.837. The summed E-state index contributed by atoms with van der Waals surface area (Å²) in [6.45, 7) is 7.22. The minimum atomic E-state index is 0.0728. The first-order valence-electron chi connectivity index (χ1n) is 6.69. The normalized spacial score (nSPS) is 47.3. The topological polar surface area (TPSA) is 26.3 Å². The van der Waals surface area contributed by atoms with E-state index in [4.69, 9.17) is 4.74 Å². The molecule has 0 aromatic rings. The van der Waals surface area contributed by atoms with Crippen molar-refractivity contribution in [1.82, 2.24) is 0 Å². The van der Waals surface area contributed by atoms with E-state index in [-0.39, 0.29) is 11.9 Å². The van der Waals surface area contributed by atoms with Gasteiger partial charge in [-0.05, 0) is 55.3 Å². The summed E-state index contributed by atoms with van der Waals surface area (Å²) >= 11 is 0. The minimum Gasteiger partial charge on any atom is -0.466 e. The largest absolute Gasteiger partial charge is 0.466 e. The first-order chi connectivity index (χ1) is 7.52. The first kappa shape index (κ1) is 10.6. The molecule has 0 aromatic carbocycles. The first-order valence-corrected chi connectivity index (χ1v) is 6.69. The summed E-state index contributed by atoms with van der Waals surface area (Å²) in [5, 5.41) is 0. The Labute approximate surface area is 97.7 Å². The van der Waals surface area contributed by atoms with E-state index in [2.05, 4.69) is 13.8 Å². The Kier molecular flexibility index (Phi) is 2.01. The fraction of sp³-hybridized carbons (Fsp3) is 0.929. The molecule has 4 aliphatic carbocycles. The third kappa shape index (κ3) is 1.11. The van der Waals surface area contributed by atoms with E-state index < -0.39 is 0 Å². The van der Waals surface area contributed by atoms with Gasteiger partial charge in [-0.2, -0.15) is 0 Å². The highest BCUT2D eigenvalue weighted by Crippen LogP contribution is 2.76. The van der Waals surface area contributed by atoms with Crippen LogP contribution in [-0.2, 0) is 9.53 Å². The Hall–Kier alpha value is -0.530. The van der Waals surface area contributed by atoms with Gasteiger partial charge in [-0.3, -0.25) is 4.79 Å². The Morgan fingerprint density at radius 1 is 1.44 bits per heavy atom. The molecule has 2 bridgehead atoms. The third-order valence-electron chi connectivity index (χ3n) is 5.81. The molecule has 0 amide bonds. The van der Waals surface area contributed by atoms with Crippen molar-refractivity contribution < 1.29 is 9.53 Å². The fourth-order valence-electron chi connectivity index (χ4n) is 4.64. The van der Waals surface area contributed by atoms with Gasteiger partial charge in [0.2, 0.25) is 0 Å². The molecule has 1 spiro atoms. The standard InChI is InChI=1S/C14H22O2/c1-4-16-12(15)10-8-14(10)6-5-9-7-11(14)13(9,2)3/h9-11H,4-8H2,1-3H3/t9-,10?,11+,14?/m0/s1. The van der Waals surface area contributed by atoms with Crippen molar-refractivity contribution in [2.45, 2.75) is 46.5 Å². The van der Waals surface area contributed by atoms with E-state index >= 15 is 0 Å². The highest BCUT2D eigenvalue weighted by molar-refractivity contribution is 5.77. The SMILES string of the molecule is CCOC(=O)C1CC12CC[C@H]1C[C@@H]2C1(C)C. The second-order valence-electron chi connectivity index (χ2n) is 6.59. The van der Waals surface area contributed by atoms with Gasteiger partial charge >= 0.3 is 5.97 Å². The van der Waals surface area contributed by atoms with Gasteiger partial charge in [-0.15, -0.1) is 0 Å². The van der Waals surface area contributed by atoms with Crippen LogP contribution in [0.15, 0.2) is 0 Å².